The van der Waals surface area contributed by atoms with E-state index in [0.717, 1.165) is 36.3 Å². The van der Waals surface area contributed by atoms with Gasteiger partial charge in [0.1, 0.15) is 24.7 Å². The van der Waals surface area contributed by atoms with Crippen LogP contribution in [0.5, 0.6) is 0 Å². The summed E-state index contributed by atoms with van der Waals surface area (Å²) in [6, 6.07) is 4.30. The van der Waals surface area contributed by atoms with Crippen LogP contribution in [0, 0.1) is 6.92 Å². The van der Waals surface area contributed by atoms with Gasteiger partial charge in [0.05, 0.1) is 6.26 Å². The van der Waals surface area contributed by atoms with Crippen molar-refractivity contribution in [2.24, 2.45) is 12.0 Å². The molecular formula is C19H30N6O2. The maximum absolute atomic E-state index is 5.63. The molecule has 3 rings (SSSR count). The van der Waals surface area contributed by atoms with Crippen LogP contribution in [0.1, 0.15) is 49.5 Å². The lowest BCUT2D eigenvalue weighted by Crippen LogP contribution is -2.43. The third kappa shape index (κ3) is 6.09. The maximum atomic E-state index is 5.63. The molecule has 0 aromatic carbocycles. The number of nitrogens with one attached hydrogen (secondary N) is 2. The van der Waals surface area contributed by atoms with Gasteiger partial charge in [-0.1, -0.05) is 12.8 Å². The molecule has 0 radical (unpaired) electrons. The van der Waals surface area contributed by atoms with Crippen molar-refractivity contribution in [2.75, 3.05) is 13.2 Å². The van der Waals surface area contributed by atoms with Gasteiger partial charge in [0.2, 0.25) is 0 Å². The van der Waals surface area contributed by atoms with Crippen molar-refractivity contribution in [3.8, 4) is 0 Å². The first kappa shape index (κ1) is 19.4. The van der Waals surface area contributed by atoms with E-state index in [1.165, 1.54) is 25.7 Å². The van der Waals surface area contributed by atoms with Gasteiger partial charge < -0.3 is 24.4 Å². The molecule has 1 aliphatic rings. The normalized spacial score (nSPS) is 15.4. The Morgan fingerprint density at radius 3 is 2.93 bits per heavy atom. The molecule has 0 spiro atoms. The number of aryl methyl sites for hydroxylation is 1. The van der Waals surface area contributed by atoms with E-state index < -0.39 is 0 Å². The summed E-state index contributed by atoms with van der Waals surface area (Å²) in [5, 5.41) is 15.2. The van der Waals surface area contributed by atoms with Gasteiger partial charge in [0, 0.05) is 26.2 Å². The second kappa shape index (κ2) is 10.1. The van der Waals surface area contributed by atoms with Gasteiger partial charge in [-0.25, -0.2) is 4.99 Å². The lowest BCUT2D eigenvalue weighted by atomic mass is 10.2. The van der Waals surface area contributed by atoms with Crippen LogP contribution in [-0.4, -0.2) is 39.9 Å². The van der Waals surface area contributed by atoms with Crippen LogP contribution in [-0.2, 0) is 24.9 Å². The Kier molecular flexibility index (Phi) is 7.27. The zero-order valence-electron chi connectivity index (χ0n) is 16.3. The van der Waals surface area contributed by atoms with E-state index in [1.54, 1.807) is 6.26 Å². The maximum Gasteiger partial charge on any atom is 0.191 e. The van der Waals surface area contributed by atoms with Crippen molar-refractivity contribution in [1.29, 1.82) is 0 Å². The lowest BCUT2D eigenvalue weighted by Gasteiger charge is -2.17. The molecule has 2 heterocycles. The number of hydrogen-bond acceptors (Lipinski definition) is 5. The minimum absolute atomic E-state index is 0.507. The molecule has 0 atom stereocenters. The van der Waals surface area contributed by atoms with Crippen LogP contribution >= 0.6 is 0 Å². The van der Waals surface area contributed by atoms with Gasteiger partial charge in [-0.2, -0.15) is 0 Å². The number of aliphatic imine (C=N–C) groups is 1. The first-order chi connectivity index (χ1) is 13.2. The molecule has 2 aromatic rings. The monoisotopic (exact) mass is 374 g/mol. The van der Waals surface area contributed by atoms with Crippen LogP contribution in [0.3, 0.4) is 0 Å². The molecule has 2 aromatic heterocycles. The minimum Gasteiger partial charge on any atom is -0.467 e. The number of hydrogen-bond donors (Lipinski definition) is 2. The van der Waals surface area contributed by atoms with Gasteiger partial charge >= 0.3 is 0 Å². The number of aromatic nitrogens is 3. The predicted octanol–water partition coefficient (Wildman–Crippen LogP) is 2.30. The molecule has 27 heavy (non-hydrogen) atoms. The van der Waals surface area contributed by atoms with Crippen LogP contribution in [0.4, 0.5) is 0 Å². The summed E-state index contributed by atoms with van der Waals surface area (Å²) in [6.45, 7) is 4.44. The van der Waals surface area contributed by atoms with Crippen molar-refractivity contribution < 1.29 is 9.15 Å². The highest BCUT2D eigenvalue weighted by atomic mass is 16.5. The van der Waals surface area contributed by atoms with Gasteiger partial charge in [0.25, 0.3) is 0 Å². The standard InChI is InChI=1S/C19H30N6O2/c1-15-23-24-18(25(15)2)13-21-19(22-16-7-3-4-8-16)20-10-6-11-26-14-17-9-5-12-27-17/h5,9,12,16H,3-4,6-8,10-11,13-14H2,1-2H3,(H2,20,21,22). The molecule has 0 aliphatic heterocycles. The summed E-state index contributed by atoms with van der Waals surface area (Å²) in [4.78, 5) is 4.71. The molecule has 0 saturated heterocycles. The Hall–Kier alpha value is -2.35. The fraction of sp³-hybridized carbons (Fsp3) is 0.632. The highest BCUT2D eigenvalue weighted by Gasteiger charge is 2.16. The van der Waals surface area contributed by atoms with E-state index in [-0.39, 0.29) is 0 Å². The SMILES string of the molecule is Cc1nnc(CN=C(NCCCOCc2ccco2)NC2CCCC2)n1C. The summed E-state index contributed by atoms with van der Waals surface area (Å²) in [5.74, 6) is 3.45. The highest BCUT2D eigenvalue weighted by molar-refractivity contribution is 5.80. The second-order valence-corrected chi connectivity index (χ2v) is 6.93. The van der Waals surface area contributed by atoms with Gasteiger partial charge in [-0.15, -0.1) is 10.2 Å². The second-order valence-electron chi connectivity index (χ2n) is 6.93. The summed E-state index contributed by atoms with van der Waals surface area (Å²) >= 11 is 0. The van der Waals surface area contributed by atoms with Crippen LogP contribution in [0.2, 0.25) is 0 Å². The Balaban J connectivity index is 1.44. The Morgan fingerprint density at radius 2 is 2.22 bits per heavy atom. The molecule has 148 valence electrons. The zero-order valence-corrected chi connectivity index (χ0v) is 16.3. The smallest absolute Gasteiger partial charge is 0.191 e. The van der Waals surface area contributed by atoms with E-state index in [4.69, 9.17) is 14.1 Å². The average molecular weight is 374 g/mol. The van der Waals surface area contributed by atoms with E-state index in [1.807, 2.05) is 30.7 Å². The van der Waals surface area contributed by atoms with Crippen molar-refractivity contribution in [3.63, 3.8) is 0 Å². The fourth-order valence-corrected chi connectivity index (χ4v) is 3.10. The molecule has 0 bridgehead atoms. The van der Waals surface area contributed by atoms with E-state index >= 15 is 0 Å². The molecule has 8 heteroatoms. The largest absolute Gasteiger partial charge is 0.467 e. The first-order valence-electron chi connectivity index (χ1n) is 9.72. The molecule has 1 aliphatic carbocycles. The number of nitrogens with zero attached hydrogens (tertiary/aromatic N) is 4. The lowest BCUT2D eigenvalue weighted by molar-refractivity contribution is 0.105. The Labute approximate surface area is 160 Å². The summed E-state index contributed by atoms with van der Waals surface area (Å²) in [5.41, 5.74) is 0. The van der Waals surface area contributed by atoms with Crippen molar-refractivity contribution >= 4 is 5.96 Å². The average Bonchev–Trinajstić information content (AvgIpc) is 3.41. The molecule has 0 amide bonds. The Bertz CT molecular complexity index is 704. The van der Waals surface area contributed by atoms with Crippen LogP contribution < -0.4 is 10.6 Å². The summed E-state index contributed by atoms with van der Waals surface area (Å²) < 4.78 is 12.9. The number of furan rings is 1. The molecule has 8 nitrogen and oxygen atoms in total. The molecule has 1 fully saturated rings. The Morgan fingerprint density at radius 1 is 1.37 bits per heavy atom. The van der Waals surface area contributed by atoms with E-state index in [0.29, 0.717) is 25.8 Å². The highest BCUT2D eigenvalue weighted by Crippen LogP contribution is 2.17. The number of ether oxygens (including phenoxy) is 1. The quantitative estimate of drug-likeness (QED) is 0.398. The summed E-state index contributed by atoms with van der Waals surface area (Å²) in [7, 11) is 1.97. The molecular weight excluding hydrogens is 344 g/mol. The number of rotatable bonds is 9. The van der Waals surface area contributed by atoms with Crippen molar-refractivity contribution in [3.05, 3.63) is 35.8 Å². The number of guanidine groups is 1. The van der Waals surface area contributed by atoms with Crippen LogP contribution in [0.25, 0.3) is 0 Å². The van der Waals surface area contributed by atoms with E-state index in [9.17, 15) is 0 Å². The van der Waals surface area contributed by atoms with Gasteiger partial charge in [0.15, 0.2) is 11.8 Å². The minimum atomic E-state index is 0.507. The van der Waals surface area contributed by atoms with Crippen molar-refractivity contribution in [1.82, 2.24) is 25.4 Å². The van der Waals surface area contributed by atoms with E-state index in [2.05, 4.69) is 20.8 Å². The predicted molar refractivity (Wildman–Crippen MR) is 103 cm³/mol. The molecule has 0 unspecified atom stereocenters. The summed E-state index contributed by atoms with van der Waals surface area (Å²) in [6.07, 6.45) is 7.54. The molecule has 1 saturated carbocycles. The van der Waals surface area contributed by atoms with Gasteiger partial charge in [-0.05, 0) is 38.3 Å². The third-order valence-electron chi connectivity index (χ3n) is 4.84. The van der Waals surface area contributed by atoms with Gasteiger partial charge in [-0.3, -0.25) is 0 Å². The molecule has 2 N–H and O–H groups in total. The fourth-order valence-electron chi connectivity index (χ4n) is 3.10. The zero-order chi connectivity index (χ0) is 18.9. The topological polar surface area (TPSA) is 89.5 Å². The van der Waals surface area contributed by atoms with Crippen molar-refractivity contribution in [2.45, 2.75) is 58.2 Å². The van der Waals surface area contributed by atoms with Crippen LogP contribution in [0.15, 0.2) is 27.8 Å². The third-order valence-corrected chi connectivity index (χ3v) is 4.84. The first-order valence-corrected chi connectivity index (χ1v) is 9.72.